The lowest BCUT2D eigenvalue weighted by molar-refractivity contribution is -0.123. The van der Waals surface area contributed by atoms with Gasteiger partial charge in [0.2, 0.25) is 5.91 Å². The van der Waals surface area contributed by atoms with Gasteiger partial charge in [-0.25, -0.2) is 0 Å². The van der Waals surface area contributed by atoms with Crippen LogP contribution in [0.1, 0.15) is 56.7 Å². The Kier molecular flexibility index (Phi) is 4.71. The van der Waals surface area contributed by atoms with E-state index in [4.69, 9.17) is 10.5 Å². The summed E-state index contributed by atoms with van der Waals surface area (Å²) in [5.74, 6) is 0.685. The number of nitrogens with two attached hydrogens (primary N) is 1. The van der Waals surface area contributed by atoms with Crippen molar-refractivity contribution in [3.05, 3.63) is 59.7 Å². The predicted molar refractivity (Wildman–Crippen MR) is 101 cm³/mol. The maximum atomic E-state index is 13.0. The second kappa shape index (κ2) is 6.79. The molecule has 0 fully saturated rings. The molecule has 1 amide bonds. The molecule has 3 N–H and O–H groups in total. The van der Waals surface area contributed by atoms with Crippen molar-refractivity contribution in [2.75, 3.05) is 5.73 Å². The van der Waals surface area contributed by atoms with Gasteiger partial charge in [-0.2, -0.15) is 0 Å². The van der Waals surface area contributed by atoms with Crippen molar-refractivity contribution in [2.24, 2.45) is 0 Å². The lowest BCUT2D eigenvalue weighted by Crippen LogP contribution is -2.42. The van der Waals surface area contributed by atoms with Crippen LogP contribution in [0.3, 0.4) is 0 Å². The second-order valence-corrected chi connectivity index (χ2v) is 7.30. The summed E-state index contributed by atoms with van der Waals surface area (Å²) in [5.41, 5.74) is 8.29. The van der Waals surface area contributed by atoms with E-state index in [9.17, 15) is 4.79 Å². The molecule has 4 nitrogen and oxygen atoms in total. The van der Waals surface area contributed by atoms with E-state index >= 15 is 0 Å². The molecule has 1 aliphatic heterocycles. The number of nitrogens with one attached hydrogen (secondary N) is 1. The molecular formula is C21H26N2O2. The van der Waals surface area contributed by atoms with Crippen LogP contribution < -0.4 is 15.8 Å². The van der Waals surface area contributed by atoms with Crippen LogP contribution in [-0.2, 0) is 4.79 Å². The van der Waals surface area contributed by atoms with Crippen molar-refractivity contribution in [3.8, 4) is 5.75 Å². The van der Waals surface area contributed by atoms with Crippen LogP contribution in [0, 0.1) is 0 Å². The molecule has 2 aromatic rings. The zero-order valence-electron chi connectivity index (χ0n) is 15.1. The highest BCUT2D eigenvalue weighted by atomic mass is 16.5. The van der Waals surface area contributed by atoms with E-state index in [2.05, 4.69) is 5.32 Å². The Hall–Kier alpha value is -2.49. The summed E-state index contributed by atoms with van der Waals surface area (Å²) >= 11 is 0. The van der Waals surface area contributed by atoms with Crippen molar-refractivity contribution in [1.82, 2.24) is 5.32 Å². The van der Waals surface area contributed by atoms with Crippen molar-refractivity contribution in [2.45, 2.75) is 51.2 Å². The van der Waals surface area contributed by atoms with Crippen molar-refractivity contribution in [3.63, 3.8) is 0 Å². The Labute approximate surface area is 149 Å². The molecule has 0 aromatic heterocycles. The minimum absolute atomic E-state index is 0.0461. The number of rotatable bonds is 4. The second-order valence-electron chi connectivity index (χ2n) is 7.30. The molecule has 1 aliphatic rings. The highest BCUT2D eigenvalue weighted by Crippen LogP contribution is 2.40. The van der Waals surface area contributed by atoms with E-state index in [1.807, 2.05) is 69.3 Å². The molecule has 25 heavy (non-hydrogen) atoms. The monoisotopic (exact) mass is 338 g/mol. The number of benzene rings is 2. The van der Waals surface area contributed by atoms with E-state index in [-0.39, 0.29) is 23.5 Å². The van der Waals surface area contributed by atoms with E-state index in [1.165, 1.54) is 0 Å². The third kappa shape index (κ3) is 3.78. The summed E-state index contributed by atoms with van der Waals surface area (Å²) in [4.78, 5) is 13.0. The third-order valence-corrected chi connectivity index (χ3v) is 4.73. The van der Waals surface area contributed by atoms with E-state index in [0.29, 0.717) is 12.1 Å². The maximum Gasteiger partial charge on any atom is 0.228 e. The lowest BCUT2D eigenvalue weighted by atomic mass is 9.88. The molecular weight excluding hydrogens is 312 g/mol. The van der Waals surface area contributed by atoms with E-state index in [1.54, 1.807) is 0 Å². The van der Waals surface area contributed by atoms with E-state index < -0.39 is 0 Å². The molecule has 1 heterocycles. The average molecular weight is 338 g/mol. The molecule has 0 saturated carbocycles. The van der Waals surface area contributed by atoms with Crippen LogP contribution in [0.25, 0.3) is 0 Å². The van der Waals surface area contributed by atoms with E-state index in [0.717, 1.165) is 23.3 Å². The SMILES string of the molecule is CCC(C(=O)NC1CC(C)(C)Oc2ccc(N)cc21)c1ccccc1. The van der Waals surface area contributed by atoms with Crippen molar-refractivity contribution < 1.29 is 9.53 Å². The minimum Gasteiger partial charge on any atom is -0.487 e. The summed E-state index contributed by atoms with van der Waals surface area (Å²) in [6.07, 6.45) is 1.46. The fraction of sp³-hybridized carbons (Fsp3) is 0.381. The first-order valence-electron chi connectivity index (χ1n) is 8.83. The predicted octanol–water partition coefficient (Wildman–Crippen LogP) is 4.18. The molecule has 132 valence electrons. The normalized spacial score (nSPS) is 19.4. The largest absolute Gasteiger partial charge is 0.487 e. The van der Waals surface area contributed by atoms with Gasteiger partial charge in [0.15, 0.2) is 0 Å². The zero-order valence-corrected chi connectivity index (χ0v) is 15.1. The third-order valence-electron chi connectivity index (χ3n) is 4.73. The van der Waals surface area contributed by atoms with Gasteiger partial charge in [-0.05, 0) is 44.0 Å². The molecule has 4 heteroatoms. The number of hydrogen-bond donors (Lipinski definition) is 2. The Morgan fingerprint density at radius 2 is 2.00 bits per heavy atom. The van der Waals surface area contributed by atoms with Crippen LogP contribution in [0.2, 0.25) is 0 Å². The summed E-state index contributed by atoms with van der Waals surface area (Å²) in [6, 6.07) is 15.4. The molecule has 2 aromatic carbocycles. The van der Waals surface area contributed by atoms with Crippen LogP contribution >= 0.6 is 0 Å². The number of fused-ring (bicyclic) bond motifs is 1. The van der Waals surface area contributed by atoms with Gasteiger partial charge in [-0.1, -0.05) is 37.3 Å². The molecule has 2 unspecified atom stereocenters. The first kappa shape index (κ1) is 17.3. The molecule has 0 radical (unpaired) electrons. The van der Waals surface area contributed by atoms with Crippen molar-refractivity contribution in [1.29, 1.82) is 0 Å². The molecule has 0 aliphatic carbocycles. The van der Waals surface area contributed by atoms with Gasteiger partial charge in [-0.3, -0.25) is 4.79 Å². The Morgan fingerprint density at radius 3 is 2.68 bits per heavy atom. The van der Waals surface area contributed by atoms with Gasteiger partial charge >= 0.3 is 0 Å². The Balaban J connectivity index is 1.86. The summed E-state index contributed by atoms with van der Waals surface area (Å²) in [6.45, 7) is 6.12. The zero-order chi connectivity index (χ0) is 18.0. The highest BCUT2D eigenvalue weighted by molar-refractivity contribution is 5.84. The van der Waals surface area contributed by atoms with Crippen LogP contribution in [0.15, 0.2) is 48.5 Å². The smallest absolute Gasteiger partial charge is 0.228 e. The Morgan fingerprint density at radius 1 is 1.28 bits per heavy atom. The van der Waals surface area contributed by atoms with Gasteiger partial charge in [-0.15, -0.1) is 0 Å². The number of hydrogen-bond acceptors (Lipinski definition) is 3. The van der Waals surface area contributed by atoms with Crippen LogP contribution in [-0.4, -0.2) is 11.5 Å². The molecule has 0 spiro atoms. The number of carbonyl (C=O) groups excluding carboxylic acids is 1. The first-order chi connectivity index (χ1) is 11.9. The van der Waals surface area contributed by atoms with Gasteiger partial charge in [0, 0.05) is 17.7 Å². The molecule has 2 atom stereocenters. The number of nitrogen functional groups attached to an aromatic ring is 1. The topological polar surface area (TPSA) is 64.3 Å². The highest BCUT2D eigenvalue weighted by Gasteiger charge is 2.35. The quantitative estimate of drug-likeness (QED) is 0.822. The minimum atomic E-state index is -0.338. The molecule has 0 saturated heterocycles. The lowest BCUT2D eigenvalue weighted by Gasteiger charge is -2.38. The summed E-state index contributed by atoms with van der Waals surface area (Å²) < 4.78 is 6.05. The fourth-order valence-corrected chi connectivity index (χ4v) is 3.53. The Bertz CT molecular complexity index is 756. The summed E-state index contributed by atoms with van der Waals surface area (Å²) in [7, 11) is 0. The molecule has 0 bridgehead atoms. The average Bonchev–Trinajstić information content (AvgIpc) is 2.56. The number of anilines is 1. The number of amides is 1. The maximum absolute atomic E-state index is 13.0. The number of ether oxygens (including phenoxy) is 1. The van der Waals surface area contributed by atoms with Crippen LogP contribution in [0.4, 0.5) is 5.69 Å². The molecule has 3 rings (SSSR count). The van der Waals surface area contributed by atoms with Gasteiger partial charge in [0.25, 0.3) is 0 Å². The van der Waals surface area contributed by atoms with Gasteiger partial charge in [0.05, 0.1) is 12.0 Å². The standard InChI is InChI=1S/C21H26N2O2/c1-4-16(14-8-6-5-7-9-14)20(24)23-18-13-21(2,3)25-19-11-10-15(22)12-17(18)19/h5-12,16,18H,4,13,22H2,1-3H3,(H,23,24). The van der Waals surface area contributed by atoms with Crippen molar-refractivity contribution >= 4 is 11.6 Å². The van der Waals surface area contributed by atoms with Gasteiger partial charge in [0.1, 0.15) is 11.4 Å². The summed E-state index contributed by atoms with van der Waals surface area (Å²) in [5, 5.41) is 3.23. The first-order valence-corrected chi connectivity index (χ1v) is 8.83. The van der Waals surface area contributed by atoms with Crippen LogP contribution in [0.5, 0.6) is 5.75 Å². The van der Waals surface area contributed by atoms with Gasteiger partial charge < -0.3 is 15.8 Å². The fourth-order valence-electron chi connectivity index (χ4n) is 3.53. The number of carbonyl (C=O) groups is 1.